The Kier molecular flexibility index (Phi) is 6.93. The average molecular weight is 404 g/mol. The van der Waals surface area contributed by atoms with Gasteiger partial charge in [0.2, 0.25) is 10.0 Å². The van der Waals surface area contributed by atoms with Gasteiger partial charge in [0.1, 0.15) is 0 Å². The Morgan fingerprint density at radius 2 is 1.50 bits per heavy atom. The van der Waals surface area contributed by atoms with E-state index in [1.807, 2.05) is 6.92 Å². The summed E-state index contributed by atoms with van der Waals surface area (Å²) in [7, 11) is -3.60. The summed E-state index contributed by atoms with van der Waals surface area (Å²) in [6.07, 6.45) is -1.01. The molecule has 7 nitrogen and oxygen atoms in total. The molecule has 28 heavy (non-hydrogen) atoms. The van der Waals surface area contributed by atoms with Gasteiger partial charge in [-0.2, -0.15) is 0 Å². The van der Waals surface area contributed by atoms with Gasteiger partial charge in [-0.3, -0.25) is 4.79 Å². The van der Waals surface area contributed by atoms with E-state index in [-0.39, 0.29) is 10.9 Å². The molecule has 8 heteroatoms. The molecule has 0 aromatic heterocycles. The minimum atomic E-state index is -3.60. The molecule has 0 radical (unpaired) electrons. The third-order valence-corrected chi connectivity index (χ3v) is 5.44. The summed E-state index contributed by atoms with van der Waals surface area (Å²) in [5.41, 5.74) is 1.76. The zero-order chi connectivity index (χ0) is 20.9. The average Bonchev–Trinajstić information content (AvgIpc) is 2.61. The van der Waals surface area contributed by atoms with Crippen LogP contribution in [0.15, 0.2) is 53.4 Å². The van der Waals surface area contributed by atoms with Crippen LogP contribution in [0.25, 0.3) is 0 Å². The lowest BCUT2D eigenvalue weighted by molar-refractivity contribution is -0.123. The number of anilines is 1. The second-order valence-corrected chi connectivity index (χ2v) is 8.42. The Bertz CT molecular complexity index is 936. The Hall–Kier alpha value is -2.71. The van der Waals surface area contributed by atoms with Crippen molar-refractivity contribution in [2.75, 3.05) is 5.32 Å². The lowest BCUT2D eigenvalue weighted by Crippen LogP contribution is -2.30. The van der Waals surface area contributed by atoms with Gasteiger partial charge in [-0.1, -0.05) is 17.7 Å². The number of nitrogens with one attached hydrogen (secondary N) is 2. The Morgan fingerprint density at radius 3 is 2.04 bits per heavy atom. The summed E-state index contributed by atoms with van der Waals surface area (Å²) in [4.78, 5) is 24.4. The van der Waals surface area contributed by atoms with E-state index in [0.29, 0.717) is 11.3 Å². The molecule has 2 aromatic carbocycles. The van der Waals surface area contributed by atoms with Crippen molar-refractivity contribution < 1.29 is 22.7 Å². The third kappa shape index (κ3) is 5.90. The first-order valence-electron chi connectivity index (χ1n) is 8.79. The summed E-state index contributed by atoms with van der Waals surface area (Å²) in [6, 6.07) is 12.3. The van der Waals surface area contributed by atoms with Crippen LogP contribution < -0.4 is 10.0 Å². The van der Waals surface area contributed by atoms with Crippen molar-refractivity contribution in [3.8, 4) is 0 Å². The van der Waals surface area contributed by atoms with E-state index in [4.69, 9.17) is 4.74 Å². The lowest BCUT2D eigenvalue weighted by atomic mass is 10.1. The van der Waals surface area contributed by atoms with E-state index < -0.39 is 28.0 Å². The highest BCUT2D eigenvalue weighted by molar-refractivity contribution is 7.89. The largest absolute Gasteiger partial charge is 0.449 e. The van der Waals surface area contributed by atoms with Crippen LogP contribution in [0.4, 0.5) is 5.69 Å². The van der Waals surface area contributed by atoms with Crippen LogP contribution in [0.3, 0.4) is 0 Å². The van der Waals surface area contributed by atoms with E-state index in [1.165, 1.54) is 31.2 Å². The van der Waals surface area contributed by atoms with Gasteiger partial charge in [-0.15, -0.1) is 0 Å². The summed E-state index contributed by atoms with van der Waals surface area (Å²) in [6.45, 7) is 6.82. The summed E-state index contributed by atoms with van der Waals surface area (Å²) in [5, 5.41) is 2.60. The fourth-order valence-electron chi connectivity index (χ4n) is 2.31. The number of amides is 1. The van der Waals surface area contributed by atoms with Crippen LogP contribution in [0.1, 0.15) is 36.7 Å². The molecular formula is C20H24N2O5S. The van der Waals surface area contributed by atoms with Crippen molar-refractivity contribution in [2.24, 2.45) is 0 Å². The van der Waals surface area contributed by atoms with Gasteiger partial charge in [-0.05, 0) is 64.1 Å². The first-order chi connectivity index (χ1) is 13.1. The molecule has 0 unspecified atom stereocenters. The molecule has 0 spiro atoms. The highest BCUT2D eigenvalue weighted by Gasteiger charge is 2.20. The zero-order valence-corrected chi connectivity index (χ0v) is 17.0. The van der Waals surface area contributed by atoms with Gasteiger partial charge in [0, 0.05) is 11.7 Å². The molecule has 2 N–H and O–H groups in total. The number of esters is 1. The second-order valence-electron chi connectivity index (χ2n) is 6.70. The number of hydrogen-bond donors (Lipinski definition) is 2. The van der Waals surface area contributed by atoms with Crippen molar-refractivity contribution in [1.82, 2.24) is 4.72 Å². The van der Waals surface area contributed by atoms with Gasteiger partial charge in [0.25, 0.3) is 5.91 Å². The topological polar surface area (TPSA) is 102 Å². The van der Waals surface area contributed by atoms with Crippen molar-refractivity contribution in [3.63, 3.8) is 0 Å². The molecule has 0 fully saturated rings. The number of carbonyl (C=O) groups is 2. The predicted molar refractivity (Wildman–Crippen MR) is 107 cm³/mol. The molecule has 0 aliphatic rings. The van der Waals surface area contributed by atoms with Crippen LogP contribution in [-0.4, -0.2) is 32.4 Å². The van der Waals surface area contributed by atoms with Crippen molar-refractivity contribution in [1.29, 1.82) is 0 Å². The van der Waals surface area contributed by atoms with E-state index in [0.717, 1.165) is 5.56 Å². The Balaban J connectivity index is 1.98. The fraction of sp³-hybridized carbons (Fsp3) is 0.300. The van der Waals surface area contributed by atoms with Crippen LogP contribution in [0.5, 0.6) is 0 Å². The van der Waals surface area contributed by atoms with E-state index in [9.17, 15) is 18.0 Å². The van der Waals surface area contributed by atoms with Crippen molar-refractivity contribution in [2.45, 2.75) is 44.7 Å². The van der Waals surface area contributed by atoms with E-state index in [1.54, 1.807) is 38.1 Å². The van der Waals surface area contributed by atoms with E-state index >= 15 is 0 Å². The van der Waals surface area contributed by atoms with Crippen LogP contribution in [-0.2, 0) is 19.6 Å². The first kappa shape index (κ1) is 21.6. The molecule has 0 saturated heterocycles. The standard InChI is InChI=1S/C20H24N2O5S/c1-13(2)22-28(25,26)18-11-9-17(10-12-18)21-19(23)15(4)27-20(24)16-7-5-14(3)6-8-16/h5-13,15,22H,1-4H3,(H,21,23)/t15-/m1/s1. The monoisotopic (exact) mass is 404 g/mol. The van der Waals surface area contributed by atoms with Gasteiger partial charge in [-0.25, -0.2) is 17.9 Å². The molecule has 1 atom stereocenters. The molecule has 1 amide bonds. The van der Waals surface area contributed by atoms with Gasteiger partial charge >= 0.3 is 5.97 Å². The van der Waals surface area contributed by atoms with E-state index in [2.05, 4.69) is 10.0 Å². The van der Waals surface area contributed by atoms with Crippen molar-refractivity contribution >= 4 is 27.6 Å². The molecule has 0 aliphatic heterocycles. The minimum Gasteiger partial charge on any atom is -0.449 e. The molecule has 0 aliphatic carbocycles. The highest BCUT2D eigenvalue weighted by atomic mass is 32.2. The Morgan fingerprint density at radius 1 is 0.929 bits per heavy atom. The van der Waals surface area contributed by atoms with Gasteiger partial charge in [0.05, 0.1) is 10.5 Å². The molecule has 2 rings (SSSR count). The molecule has 0 saturated carbocycles. The second kappa shape index (κ2) is 8.99. The smallest absolute Gasteiger partial charge is 0.338 e. The number of rotatable bonds is 7. The quantitative estimate of drug-likeness (QED) is 0.691. The number of ether oxygens (including phenoxy) is 1. The minimum absolute atomic E-state index is 0.0954. The molecule has 0 bridgehead atoms. The molecule has 2 aromatic rings. The van der Waals surface area contributed by atoms with Crippen LogP contribution >= 0.6 is 0 Å². The first-order valence-corrected chi connectivity index (χ1v) is 10.3. The maximum absolute atomic E-state index is 12.2. The van der Waals surface area contributed by atoms with Crippen LogP contribution in [0, 0.1) is 6.92 Å². The summed E-state index contributed by atoms with van der Waals surface area (Å²) >= 11 is 0. The third-order valence-electron chi connectivity index (χ3n) is 3.76. The number of benzene rings is 2. The van der Waals surface area contributed by atoms with Gasteiger partial charge in [0.15, 0.2) is 6.10 Å². The molecule has 150 valence electrons. The lowest BCUT2D eigenvalue weighted by Gasteiger charge is -2.14. The van der Waals surface area contributed by atoms with Gasteiger partial charge < -0.3 is 10.1 Å². The maximum Gasteiger partial charge on any atom is 0.338 e. The fourth-order valence-corrected chi connectivity index (χ4v) is 3.56. The Labute approximate surface area is 165 Å². The number of aryl methyl sites for hydroxylation is 1. The van der Waals surface area contributed by atoms with Crippen molar-refractivity contribution in [3.05, 3.63) is 59.7 Å². The SMILES string of the molecule is Cc1ccc(C(=O)O[C@H](C)C(=O)Nc2ccc(S(=O)(=O)NC(C)C)cc2)cc1. The molecule has 0 heterocycles. The predicted octanol–water partition coefficient (Wildman–Crippen LogP) is 2.87. The maximum atomic E-state index is 12.2. The summed E-state index contributed by atoms with van der Waals surface area (Å²) in [5.74, 6) is -1.11. The normalized spacial score (nSPS) is 12.5. The number of hydrogen-bond acceptors (Lipinski definition) is 5. The number of sulfonamides is 1. The highest BCUT2D eigenvalue weighted by Crippen LogP contribution is 2.15. The number of carbonyl (C=O) groups excluding carboxylic acids is 2. The van der Waals surface area contributed by atoms with Crippen LogP contribution in [0.2, 0.25) is 0 Å². The zero-order valence-electron chi connectivity index (χ0n) is 16.2. The summed E-state index contributed by atoms with van der Waals surface area (Å²) < 4.78 is 31.9. The molecular weight excluding hydrogens is 380 g/mol.